The molecule has 0 amide bonds. The van der Waals surface area contributed by atoms with E-state index in [1.807, 2.05) is 0 Å². The predicted molar refractivity (Wildman–Crippen MR) is 84.3 cm³/mol. The van der Waals surface area contributed by atoms with Gasteiger partial charge in [0.2, 0.25) is 0 Å². The second-order valence-corrected chi connectivity index (χ2v) is 7.40. The van der Waals surface area contributed by atoms with Crippen LogP contribution in [-0.2, 0) is 0 Å². The van der Waals surface area contributed by atoms with Crippen molar-refractivity contribution in [2.24, 2.45) is 0 Å². The highest BCUT2D eigenvalue weighted by Crippen LogP contribution is 2.40. The number of fused-ring (bicyclic) bond motifs is 1. The van der Waals surface area contributed by atoms with Crippen molar-refractivity contribution in [3.63, 3.8) is 0 Å². The van der Waals surface area contributed by atoms with E-state index in [1.54, 1.807) is 13.0 Å². The van der Waals surface area contributed by atoms with Crippen LogP contribution in [0, 0.1) is 12.7 Å². The van der Waals surface area contributed by atoms with Crippen LogP contribution >= 0.6 is 23.1 Å². The summed E-state index contributed by atoms with van der Waals surface area (Å²) in [6, 6.07) is 6.34. The van der Waals surface area contributed by atoms with Gasteiger partial charge in [-0.1, -0.05) is 0 Å². The summed E-state index contributed by atoms with van der Waals surface area (Å²) in [4.78, 5) is 12.7. The van der Waals surface area contributed by atoms with Crippen LogP contribution in [-0.4, -0.2) is 21.1 Å². The number of halogens is 4. The van der Waals surface area contributed by atoms with Gasteiger partial charge in [-0.25, -0.2) is 4.39 Å². The van der Waals surface area contributed by atoms with Crippen LogP contribution in [0.15, 0.2) is 34.5 Å². The van der Waals surface area contributed by atoms with E-state index in [9.17, 15) is 27.5 Å². The number of carbonyl (C=O) groups excluding carboxylic acids is 1. The summed E-state index contributed by atoms with van der Waals surface area (Å²) in [6.45, 7) is 1.62. The average Bonchev–Trinajstić information content (AvgIpc) is 3.01. The molecule has 2 aromatic heterocycles. The van der Waals surface area contributed by atoms with Crippen LogP contribution in [0.4, 0.5) is 17.6 Å². The van der Waals surface area contributed by atoms with Crippen molar-refractivity contribution in [1.82, 2.24) is 4.57 Å². The second kappa shape index (κ2) is 5.82. The highest BCUT2D eigenvalue weighted by atomic mass is 32.2. The van der Waals surface area contributed by atoms with Crippen LogP contribution in [0.3, 0.4) is 0 Å². The summed E-state index contributed by atoms with van der Waals surface area (Å²) in [5.74, 6) is -1.96. The third-order valence-electron chi connectivity index (χ3n) is 3.27. The normalized spacial score (nSPS) is 12.0. The zero-order valence-corrected chi connectivity index (χ0v) is 13.7. The summed E-state index contributed by atoms with van der Waals surface area (Å²) < 4.78 is 51.9. The first-order valence-electron chi connectivity index (χ1n) is 6.56. The minimum atomic E-state index is -4.43. The molecule has 0 fully saturated rings. The van der Waals surface area contributed by atoms with E-state index in [1.165, 1.54) is 22.8 Å². The maximum atomic E-state index is 13.6. The van der Waals surface area contributed by atoms with E-state index < -0.39 is 23.0 Å². The molecule has 9 heteroatoms. The number of phenolic OH excluding ortho intramolecular Hbond substituents is 1. The van der Waals surface area contributed by atoms with Gasteiger partial charge in [-0.2, -0.15) is 13.2 Å². The number of thiophene rings is 1. The first kappa shape index (κ1) is 16.8. The maximum Gasteiger partial charge on any atom is 0.447 e. The number of aromatic nitrogens is 1. The van der Waals surface area contributed by atoms with E-state index in [0.29, 0.717) is 11.1 Å². The van der Waals surface area contributed by atoms with Gasteiger partial charge in [0, 0.05) is 17.1 Å². The van der Waals surface area contributed by atoms with Crippen LogP contribution in [0.1, 0.15) is 15.4 Å². The first-order chi connectivity index (χ1) is 11.2. The van der Waals surface area contributed by atoms with Gasteiger partial charge in [0.05, 0.1) is 14.6 Å². The van der Waals surface area contributed by atoms with Crippen molar-refractivity contribution >= 4 is 39.9 Å². The lowest BCUT2D eigenvalue weighted by Gasteiger charge is -2.06. The Bertz CT molecular complexity index is 943. The number of hydrogen-bond acceptors (Lipinski definition) is 4. The topological polar surface area (TPSA) is 42.2 Å². The molecule has 0 aliphatic carbocycles. The molecule has 0 bridgehead atoms. The van der Waals surface area contributed by atoms with Gasteiger partial charge >= 0.3 is 5.51 Å². The van der Waals surface area contributed by atoms with Gasteiger partial charge in [-0.05, 0) is 43.0 Å². The highest BCUT2D eigenvalue weighted by molar-refractivity contribution is 8.02. The van der Waals surface area contributed by atoms with Crippen LogP contribution in [0.5, 0.6) is 5.75 Å². The lowest BCUT2D eigenvalue weighted by molar-refractivity contribution is -0.0327. The molecule has 0 atom stereocenters. The summed E-state index contributed by atoms with van der Waals surface area (Å²) in [5.41, 5.74) is -3.70. The molecular formula is C15H9F4NO2S2. The molecule has 24 heavy (non-hydrogen) atoms. The largest absolute Gasteiger partial charge is 0.505 e. The van der Waals surface area contributed by atoms with Crippen LogP contribution in [0.2, 0.25) is 0 Å². The van der Waals surface area contributed by atoms with Gasteiger partial charge < -0.3 is 5.11 Å². The zero-order chi connectivity index (χ0) is 17.6. The van der Waals surface area contributed by atoms with Crippen molar-refractivity contribution in [1.29, 1.82) is 0 Å². The number of nitrogens with zero attached hydrogens (tertiary/aromatic N) is 1. The number of thioether (sulfide) groups is 1. The molecule has 3 rings (SSSR count). The Balaban J connectivity index is 2.03. The molecule has 1 N–H and O–H groups in total. The molecule has 0 radical (unpaired) electrons. The van der Waals surface area contributed by atoms with E-state index in [4.69, 9.17) is 0 Å². The molecule has 0 aliphatic rings. The Labute approximate surface area is 141 Å². The van der Waals surface area contributed by atoms with Crippen molar-refractivity contribution in [3.8, 4) is 5.75 Å². The Kier molecular flexibility index (Phi) is 4.08. The molecule has 1 aromatic carbocycles. The Morgan fingerprint density at radius 2 is 1.96 bits per heavy atom. The summed E-state index contributed by atoms with van der Waals surface area (Å²) in [5, 5.41) is 9.87. The SMILES string of the molecule is Cc1cc2cc(O)c(F)cc2n1C(=O)c1ccc(SC(F)(F)F)s1. The molecule has 0 saturated carbocycles. The number of hydrogen-bond donors (Lipinski definition) is 1. The molecule has 0 aliphatic heterocycles. The van der Waals surface area contributed by atoms with Crippen molar-refractivity contribution in [2.45, 2.75) is 16.6 Å². The molecule has 0 unspecified atom stereocenters. The number of phenols is 1. The monoisotopic (exact) mass is 375 g/mol. The maximum absolute atomic E-state index is 13.6. The van der Waals surface area contributed by atoms with Crippen molar-refractivity contribution in [2.75, 3.05) is 0 Å². The molecular weight excluding hydrogens is 366 g/mol. The smallest absolute Gasteiger partial charge is 0.447 e. The summed E-state index contributed by atoms with van der Waals surface area (Å²) in [6.07, 6.45) is 0. The zero-order valence-electron chi connectivity index (χ0n) is 12.0. The average molecular weight is 375 g/mol. The summed E-state index contributed by atoms with van der Waals surface area (Å²) in [7, 11) is 0. The Hall–Kier alpha value is -2.00. The Morgan fingerprint density at radius 3 is 2.62 bits per heavy atom. The standard InChI is InChI=1S/C15H9F4NO2S2/c1-7-4-8-5-11(21)9(16)6-10(8)20(7)14(22)12-2-3-13(23-12)24-15(17,18)19/h2-6,21H,1H3. The van der Waals surface area contributed by atoms with Gasteiger partial charge in [-0.15, -0.1) is 11.3 Å². The fourth-order valence-electron chi connectivity index (χ4n) is 2.34. The molecule has 3 nitrogen and oxygen atoms in total. The Morgan fingerprint density at radius 1 is 1.25 bits per heavy atom. The van der Waals surface area contributed by atoms with E-state index in [0.717, 1.165) is 17.4 Å². The lowest BCUT2D eigenvalue weighted by Crippen LogP contribution is -2.11. The molecule has 3 aromatic rings. The molecule has 2 heterocycles. The van der Waals surface area contributed by atoms with Gasteiger partial charge in [-0.3, -0.25) is 9.36 Å². The lowest BCUT2D eigenvalue weighted by atomic mass is 10.2. The minimum absolute atomic E-state index is 0.0520. The number of carbonyl (C=O) groups is 1. The third kappa shape index (κ3) is 3.13. The van der Waals surface area contributed by atoms with Gasteiger partial charge in [0.1, 0.15) is 0 Å². The molecule has 0 saturated heterocycles. The fourth-order valence-corrected chi connectivity index (χ4v) is 4.09. The number of aryl methyl sites for hydroxylation is 1. The van der Waals surface area contributed by atoms with Crippen molar-refractivity contribution < 1.29 is 27.5 Å². The quantitative estimate of drug-likeness (QED) is 0.497. The van der Waals surface area contributed by atoms with Gasteiger partial charge in [0.25, 0.3) is 5.91 Å². The van der Waals surface area contributed by atoms with E-state index in [2.05, 4.69) is 0 Å². The number of aromatic hydroxyl groups is 1. The number of benzene rings is 1. The number of alkyl halides is 3. The van der Waals surface area contributed by atoms with E-state index in [-0.39, 0.29) is 26.4 Å². The number of rotatable bonds is 2. The summed E-state index contributed by atoms with van der Waals surface area (Å²) >= 11 is 0.433. The third-order valence-corrected chi connectivity index (χ3v) is 5.20. The van der Waals surface area contributed by atoms with Crippen molar-refractivity contribution in [3.05, 3.63) is 46.7 Å². The van der Waals surface area contributed by atoms with E-state index >= 15 is 0 Å². The first-order valence-corrected chi connectivity index (χ1v) is 8.20. The highest BCUT2D eigenvalue weighted by Gasteiger charge is 2.30. The molecule has 126 valence electrons. The minimum Gasteiger partial charge on any atom is -0.505 e. The second-order valence-electron chi connectivity index (χ2n) is 4.96. The predicted octanol–water partition coefficient (Wildman–Crippen LogP) is 5.16. The fraction of sp³-hybridized carbons (Fsp3) is 0.133. The molecule has 0 spiro atoms. The van der Waals surface area contributed by atoms with Gasteiger partial charge in [0.15, 0.2) is 11.6 Å². The van der Waals surface area contributed by atoms with Crippen LogP contribution in [0.25, 0.3) is 10.9 Å². The van der Waals surface area contributed by atoms with Crippen LogP contribution < -0.4 is 0 Å².